The molecule has 5 heteroatoms. The lowest BCUT2D eigenvalue weighted by Gasteiger charge is -2.16. The molecule has 4 aromatic rings. The number of nitrogens with one attached hydrogen (secondary N) is 1. The molecule has 29 heavy (non-hydrogen) atoms. The molecule has 3 aromatic carbocycles. The summed E-state index contributed by atoms with van der Waals surface area (Å²) in [5.74, 6) is 1.43. The lowest BCUT2D eigenvalue weighted by Crippen LogP contribution is -2.18. The van der Waals surface area contributed by atoms with E-state index in [0.717, 1.165) is 22.0 Å². The van der Waals surface area contributed by atoms with Crippen molar-refractivity contribution in [3.8, 4) is 22.1 Å². The maximum Gasteiger partial charge on any atom is 0.161 e. The highest BCUT2D eigenvalue weighted by Gasteiger charge is 2.12. The maximum absolute atomic E-state index is 5.41. The maximum atomic E-state index is 5.41. The van der Waals surface area contributed by atoms with Gasteiger partial charge in [-0.2, -0.15) is 0 Å². The molecular formula is C24H24N2O2S. The summed E-state index contributed by atoms with van der Waals surface area (Å²) in [6.45, 7) is 2.91. The normalized spacial score (nSPS) is 12.1. The van der Waals surface area contributed by atoms with Gasteiger partial charge in [0.1, 0.15) is 5.01 Å². The molecule has 148 valence electrons. The van der Waals surface area contributed by atoms with Crippen LogP contribution in [0.1, 0.15) is 24.2 Å². The van der Waals surface area contributed by atoms with Gasteiger partial charge in [0.15, 0.2) is 11.5 Å². The zero-order valence-corrected chi connectivity index (χ0v) is 17.6. The summed E-state index contributed by atoms with van der Waals surface area (Å²) in [5.41, 5.74) is 3.37. The monoisotopic (exact) mass is 404 g/mol. The molecule has 0 aliphatic carbocycles. The molecule has 0 amide bonds. The van der Waals surface area contributed by atoms with Crippen LogP contribution in [0.4, 0.5) is 0 Å². The first-order chi connectivity index (χ1) is 14.2. The number of fused-ring (bicyclic) bond motifs is 1. The van der Waals surface area contributed by atoms with Gasteiger partial charge in [-0.3, -0.25) is 0 Å². The summed E-state index contributed by atoms with van der Waals surface area (Å²) in [6.07, 6.45) is 0. The smallest absolute Gasteiger partial charge is 0.161 e. The van der Waals surface area contributed by atoms with Crippen molar-refractivity contribution in [2.75, 3.05) is 14.2 Å². The standard InChI is InChI=1S/C24H24N2O2S/c1-16(20-10-6-8-17-7-4-5-9-21(17)20)25-14-19-15-29-24(26-19)18-11-12-22(27-2)23(13-18)28-3/h4-13,15-16,25H,14H2,1-3H3/t16-/m0/s1. The van der Waals surface area contributed by atoms with Crippen LogP contribution in [0.15, 0.2) is 66.0 Å². The van der Waals surface area contributed by atoms with Gasteiger partial charge in [0.05, 0.1) is 19.9 Å². The van der Waals surface area contributed by atoms with Crippen molar-refractivity contribution in [3.05, 3.63) is 77.3 Å². The van der Waals surface area contributed by atoms with E-state index in [1.54, 1.807) is 25.6 Å². The van der Waals surface area contributed by atoms with Gasteiger partial charge >= 0.3 is 0 Å². The quantitative estimate of drug-likeness (QED) is 0.421. The van der Waals surface area contributed by atoms with E-state index >= 15 is 0 Å². The van der Waals surface area contributed by atoms with Gasteiger partial charge in [0.2, 0.25) is 0 Å². The summed E-state index contributed by atoms with van der Waals surface area (Å²) >= 11 is 1.64. The number of benzene rings is 3. The van der Waals surface area contributed by atoms with E-state index in [2.05, 4.69) is 60.1 Å². The minimum absolute atomic E-state index is 0.229. The molecule has 4 rings (SSSR count). The molecule has 1 N–H and O–H groups in total. The number of aromatic nitrogens is 1. The Morgan fingerprint density at radius 1 is 0.966 bits per heavy atom. The van der Waals surface area contributed by atoms with Crippen molar-refractivity contribution >= 4 is 22.1 Å². The van der Waals surface area contributed by atoms with Gasteiger partial charge in [0, 0.05) is 23.5 Å². The second-order valence-electron chi connectivity index (χ2n) is 6.88. The van der Waals surface area contributed by atoms with Crippen molar-refractivity contribution in [1.29, 1.82) is 0 Å². The number of ether oxygens (including phenoxy) is 2. The van der Waals surface area contributed by atoms with E-state index in [1.165, 1.54) is 16.3 Å². The molecule has 0 radical (unpaired) electrons. The summed E-state index contributed by atoms with van der Waals surface area (Å²) < 4.78 is 10.7. The Hall–Kier alpha value is -2.89. The van der Waals surface area contributed by atoms with Crippen LogP contribution < -0.4 is 14.8 Å². The topological polar surface area (TPSA) is 43.4 Å². The second-order valence-corrected chi connectivity index (χ2v) is 7.74. The highest BCUT2D eigenvalue weighted by molar-refractivity contribution is 7.13. The average molecular weight is 405 g/mol. The minimum atomic E-state index is 0.229. The zero-order chi connectivity index (χ0) is 20.2. The SMILES string of the molecule is COc1ccc(-c2nc(CN[C@@H](C)c3cccc4ccccc34)cs2)cc1OC. The van der Waals surface area contributed by atoms with Crippen molar-refractivity contribution in [1.82, 2.24) is 10.3 Å². The number of nitrogens with zero attached hydrogens (tertiary/aromatic N) is 1. The van der Waals surface area contributed by atoms with Gasteiger partial charge < -0.3 is 14.8 Å². The largest absolute Gasteiger partial charge is 0.493 e. The predicted molar refractivity (Wildman–Crippen MR) is 120 cm³/mol. The Morgan fingerprint density at radius 2 is 1.76 bits per heavy atom. The summed E-state index contributed by atoms with van der Waals surface area (Å²) in [4.78, 5) is 4.80. The lowest BCUT2D eigenvalue weighted by atomic mass is 10.00. The van der Waals surface area contributed by atoms with E-state index in [9.17, 15) is 0 Å². The molecular weight excluding hydrogens is 380 g/mol. The van der Waals surface area contributed by atoms with Crippen molar-refractivity contribution in [2.45, 2.75) is 19.5 Å². The van der Waals surface area contributed by atoms with Crippen LogP contribution in [0.25, 0.3) is 21.3 Å². The highest BCUT2D eigenvalue weighted by atomic mass is 32.1. The molecule has 0 saturated heterocycles. The predicted octanol–water partition coefficient (Wildman–Crippen LogP) is 5.83. The molecule has 0 unspecified atom stereocenters. The average Bonchev–Trinajstić information content (AvgIpc) is 3.25. The van der Waals surface area contributed by atoms with Crippen LogP contribution in [-0.2, 0) is 6.54 Å². The first-order valence-corrected chi connectivity index (χ1v) is 10.5. The number of hydrogen-bond acceptors (Lipinski definition) is 5. The van der Waals surface area contributed by atoms with E-state index < -0.39 is 0 Å². The molecule has 4 nitrogen and oxygen atoms in total. The number of methoxy groups -OCH3 is 2. The number of hydrogen-bond donors (Lipinski definition) is 1. The van der Waals surface area contributed by atoms with Crippen molar-refractivity contribution < 1.29 is 9.47 Å². The third-order valence-corrected chi connectivity index (χ3v) is 6.00. The molecule has 0 aliphatic heterocycles. The third-order valence-electron chi connectivity index (χ3n) is 5.06. The third kappa shape index (κ3) is 4.11. The Kier molecular flexibility index (Phi) is 5.79. The van der Waals surface area contributed by atoms with E-state index in [0.29, 0.717) is 12.3 Å². The van der Waals surface area contributed by atoms with Crippen LogP contribution in [0.2, 0.25) is 0 Å². The fourth-order valence-electron chi connectivity index (χ4n) is 3.49. The Bertz CT molecular complexity index is 1120. The Labute approximate surface area is 175 Å². The van der Waals surface area contributed by atoms with Crippen LogP contribution in [0, 0.1) is 0 Å². The molecule has 1 atom stereocenters. The molecule has 1 aromatic heterocycles. The fraction of sp³-hybridized carbons (Fsp3) is 0.208. The number of thiazole rings is 1. The summed E-state index contributed by atoms with van der Waals surface area (Å²) in [7, 11) is 3.29. The summed E-state index contributed by atoms with van der Waals surface area (Å²) in [5, 5.41) is 9.25. The van der Waals surface area contributed by atoms with Gasteiger partial charge in [0.25, 0.3) is 0 Å². The molecule has 0 bridgehead atoms. The van der Waals surface area contributed by atoms with Gasteiger partial charge in [-0.05, 0) is 41.5 Å². The van der Waals surface area contributed by atoms with Gasteiger partial charge in [-0.15, -0.1) is 11.3 Å². The van der Waals surface area contributed by atoms with Crippen LogP contribution in [0.3, 0.4) is 0 Å². The van der Waals surface area contributed by atoms with E-state index in [4.69, 9.17) is 14.5 Å². The summed E-state index contributed by atoms with van der Waals surface area (Å²) in [6, 6.07) is 21.1. The van der Waals surface area contributed by atoms with Crippen LogP contribution in [-0.4, -0.2) is 19.2 Å². The first-order valence-electron chi connectivity index (χ1n) is 9.57. The second kappa shape index (κ2) is 8.64. The first kappa shape index (κ1) is 19.4. The molecule has 0 spiro atoms. The Morgan fingerprint density at radius 3 is 2.59 bits per heavy atom. The van der Waals surface area contributed by atoms with Crippen LogP contribution in [0.5, 0.6) is 11.5 Å². The Balaban J connectivity index is 1.48. The van der Waals surface area contributed by atoms with Gasteiger partial charge in [-0.25, -0.2) is 4.98 Å². The van der Waals surface area contributed by atoms with E-state index in [-0.39, 0.29) is 6.04 Å². The molecule has 0 saturated carbocycles. The lowest BCUT2D eigenvalue weighted by molar-refractivity contribution is 0.355. The van der Waals surface area contributed by atoms with Crippen molar-refractivity contribution in [3.63, 3.8) is 0 Å². The molecule has 1 heterocycles. The van der Waals surface area contributed by atoms with Crippen molar-refractivity contribution in [2.24, 2.45) is 0 Å². The molecule has 0 fully saturated rings. The minimum Gasteiger partial charge on any atom is -0.493 e. The highest BCUT2D eigenvalue weighted by Crippen LogP contribution is 2.33. The zero-order valence-electron chi connectivity index (χ0n) is 16.8. The fourth-order valence-corrected chi connectivity index (χ4v) is 4.30. The van der Waals surface area contributed by atoms with Gasteiger partial charge in [-0.1, -0.05) is 42.5 Å². The number of rotatable bonds is 7. The van der Waals surface area contributed by atoms with Crippen LogP contribution >= 0.6 is 11.3 Å². The van der Waals surface area contributed by atoms with E-state index in [1.807, 2.05) is 18.2 Å². The molecule has 0 aliphatic rings.